The van der Waals surface area contributed by atoms with Gasteiger partial charge in [0.25, 0.3) is 5.91 Å². The maximum absolute atomic E-state index is 13.0. The van der Waals surface area contributed by atoms with Crippen LogP contribution in [0.5, 0.6) is 5.75 Å². The van der Waals surface area contributed by atoms with Gasteiger partial charge < -0.3 is 10.1 Å². The van der Waals surface area contributed by atoms with Crippen molar-refractivity contribution in [3.8, 4) is 5.75 Å². The van der Waals surface area contributed by atoms with Crippen LogP contribution in [0.3, 0.4) is 0 Å². The SMILES string of the molecule is CCc1ccc(NC(=O)/C(=C/c2ccc(OC)cc2)c2ccccc2)cc1. The fraction of sp³-hybridized carbons (Fsp3) is 0.125. The van der Waals surface area contributed by atoms with Crippen molar-refractivity contribution in [2.24, 2.45) is 0 Å². The van der Waals surface area contributed by atoms with Crippen LogP contribution in [0.4, 0.5) is 5.69 Å². The molecule has 0 unspecified atom stereocenters. The number of rotatable bonds is 6. The number of hydrogen-bond acceptors (Lipinski definition) is 2. The highest BCUT2D eigenvalue weighted by Crippen LogP contribution is 2.22. The maximum Gasteiger partial charge on any atom is 0.256 e. The molecule has 1 N–H and O–H groups in total. The highest BCUT2D eigenvalue weighted by molar-refractivity contribution is 6.29. The Morgan fingerprint density at radius 2 is 1.59 bits per heavy atom. The van der Waals surface area contributed by atoms with Gasteiger partial charge in [-0.15, -0.1) is 0 Å². The van der Waals surface area contributed by atoms with E-state index in [1.54, 1.807) is 7.11 Å². The van der Waals surface area contributed by atoms with Gasteiger partial charge in [-0.05, 0) is 53.5 Å². The van der Waals surface area contributed by atoms with E-state index >= 15 is 0 Å². The van der Waals surface area contributed by atoms with Crippen molar-refractivity contribution in [1.29, 1.82) is 0 Å². The summed E-state index contributed by atoms with van der Waals surface area (Å²) in [4.78, 5) is 13.0. The third-order valence-electron chi connectivity index (χ3n) is 4.38. The number of ether oxygens (including phenoxy) is 1. The van der Waals surface area contributed by atoms with Crippen molar-refractivity contribution in [3.05, 3.63) is 95.6 Å². The van der Waals surface area contributed by atoms with E-state index < -0.39 is 0 Å². The first-order chi connectivity index (χ1) is 13.2. The van der Waals surface area contributed by atoms with E-state index in [0.717, 1.165) is 29.0 Å². The molecule has 0 spiro atoms. The first-order valence-corrected chi connectivity index (χ1v) is 9.01. The lowest BCUT2D eigenvalue weighted by atomic mass is 10.0. The molecule has 0 aromatic heterocycles. The van der Waals surface area contributed by atoms with Gasteiger partial charge in [-0.2, -0.15) is 0 Å². The number of anilines is 1. The second kappa shape index (κ2) is 8.86. The smallest absolute Gasteiger partial charge is 0.256 e. The van der Waals surface area contributed by atoms with Gasteiger partial charge in [-0.3, -0.25) is 4.79 Å². The van der Waals surface area contributed by atoms with Gasteiger partial charge in [0.15, 0.2) is 0 Å². The molecule has 0 fully saturated rings. The van der Waals surface area contributed by atoms with Crippen molar-refractivity contribution in [2.45, 2.75) is 13.3 Å². The second-order valence-electron chi connectivity index (χ2n) is 6.20. The number of amides is 1. The predicted molar refractivity (Wildman–Crippen MR) is 112 cm³/mol. The summed E-state index contributed by atoms with van der Waals surface area (Å²) in [6.07, 6.45) is 2.87. The minimum atomic E-state index is -0.138. The summed E-state index contributed by atoms with van der Waals surface area (Å²) in [5.74, 6) is 0.648. The Bertz CT molecular complexity index is 911. The molecule has 0 saturated heterocycles. The summed E-state index contributed by atoms with van der Waals surface area (Å²) in [6.45, 7) is 2.11. The van der Waals surface area contributed by atoms with Crippen LogP contribution in [0.25, 0.3) is 11.6 Å². The molecule has 0 aliphatic heterocycles. The number of carbonyl (C=O) groups excluding carboxylic acids is 1. The molecule has 3 heteroatoms. The molecule has 0 saturated carbocycles. The molecule has 3 aromatic carbocycles. The molecular formula is C24H23NO2. The average molecular weight is 357 g/mol. The molecule has 3 aromatic rings. The van der Waals surface area contributed by atoms with Crippen LogP contribution in [-0.4, -0.2) is 13.0 Å². The van der Waals surface area contributed by atoms with Crippen molar-refractivity contribution < 1.29 is 9.53 Å². The summed E-state index contributed by atoms with van der Waals surface area (Å²) >= 11 is 0. The zero-order valence-electron chi connectivity index (χ0n) is 15.6. The Labute approximate surface area is 160 Å². The van der Waals surface area contributed by atoms with Gasteiger partial charge in [0.2, 0.25) is 0 Å². The molecule has 0 heterocycles. The molecule has 0 aliphatic rings. The zero-order valence-corrected chi connectivity index (χ0v) is 15.6. The monoisotopic (exact) mass is 357 g/mol. The van der Waals surface area contributed by atoms with E-state index in [-0.39, 0.29) is 5.91 Å². The Kier molecular flexibility index (Phi) is 6.06. The first-order valence-electron chi connectivity index (χ1n) is 9.01. The maximum atomic E-state index is 13.0. The Morgan fingerprint density at radius 3 is 2.19 bits per heavy atom. The highest BCUT2D eigenvalue weighted by Gasteiger charge is 2.12. The van der Waals surface area contributed by atoms with Crippen LogP contribution < -0.4 is 10.1 Å². The normalized spacial score (nSPS) is 11.1. The quantitative estimate of drug-likeness (QED) is 0.471. The standard InChI is InChI=1S/C24H23NO2/c1-3-18-9-13-21(14-10-18)25-24(26)23(20-7-5-4-6-8-20)17-19-11-15-22(27-2)16-12-19/h4-17H,3H2,1-2H3,(H,25,26)/b23-17+. The molecule has 27 heavy (non-hydrogen) atoms. The summed E-state index contributed by atoms with van der Waals surface area (Å²) in [6, 6.07) is 25.3. The molecule has 0 bridgehead atoms. The minimum Gasteiger partial charge on any atom is -0.497 e. The molecular weight excluding hydrogens is 334 g/mol. The molecule has 3 rings (SSSR count). The van der Waals surface area contributed by atoms with Gasteiger partial charge in [0.05, 0.1) is 7.11 Å². The van der Waals surface area contributed by atoms with E-state index in [2.05, 4.69) is 12.2 Å². The van der Waals surface area contributed by atoms with Gasteiger partial charge >= 0.3 is 0 Å². The number of nitrogens with one attached hydrogen (secondary N) is 1. The Balaban J connectivity index is 1.91. The largest absolute Gasteiger partial charge is 0.497 e. The molecule has 0 aliphatic carbocycles. The molecule has 0 radical (unpaired) electrons. The Morgan fingerprint density at radius 1 is 0.926 bits per heavy atom. The van der Waals surface area contributed by atoms with E-state index in [0.29, 0.717) is 5.57 Å². The lowest BCUT2D eigenvalue weighted by molar-refractivity contribution is -0.111. The summed E-state index contributed by atoms with van der Waals surface area (Å²) in [5, 5.41) is 3.00. The topological polar surface area (TPSA) is 38.3 Å². The van der Waals surface area contributed by atoms with Crippen LogP contribution in [0.1, 0.15) is 23.6 Å². The van der Waals surface area contributed by atoms with Gasteiger partial charge in [0, 0.05) is 11.3 Å². The fourth-order valence-corrected chi connectivity index (χ4v) is 2.79. The zero-order chi connectivity index (χ0) is 19.1. The molecule has 0 atom stereocenters. The summed E-state index contributed by atoms with van der Waals surface area (Å²) < 4.78 is 5.20. The first kappa shape index (κ1) is 18.5. The van der Waals surface area contributed by atoms with Crippen molar-refractivity contribution in [1.82, 2.24) is 0 Å². The second-order valence-corrected chi connectivity index (χ2v) is 6.20. The number of benzene rings is 3. The van der Waals surface area contributed by atoms with Gasteiger partial charge in [0.1, 0.15) is 5.75 Å². The van der Waals surface area contributed by atoms with Crippen LogP contribution in [0.15, 0.2) is 78.9 Å². The highest BCUT2D eigenvalue weighted by atomic mass is 16.5. The molecule has 3 nitrogen and oxygen atoms in total. The Hall–Kier alpha value is -3.33. The van der Waals surface area contributed by atoms with Crippen molar-refractivity contribution >= 4 is 23.2 Å². The summed E-state index contributed by atoms with van der Waals surface area (Å²) in [5.41, 5.74) is 4.45. The van der Waals surface area contributed by atoms with Crippen LogP contribution in [0, 0.1) is 0 Å². The predicted octanol–water partition coefficient (Wildman–Crippen LogP) is 5.44. The number of carbonyl (C=O) groups is 1. The molecule has 136 valence electrons. The van der Waals surface area contributed by atoms with E-state index in [1.807, 2.05) is 84.9 Å². The van der Waals surface area contributed by atoms with Gasteiger partial charge in [-0.25, -0.2) is 0 Å². The van der Waals surface area contributed by atoms with Crippen LogP contribution >= 0.6 is 0 Å². The number of hydrogen-bond donors (Lipinski definition) is 1. The number of methoxy groups -OCH3 is 1. The van der Waals surface area contributed by atoms with E-state index in [4.69, 9.17) is 4.74 Å². The fourth-order valence-electron chi connectivity index (χ4n) is 2.79. The third kappa shape index (κ3) is 4.85. The van der Waals surface area contributed by atoms with E-state index in [1.165, 1.54) is 5.56 Å². The van der Waals surface area contributed by atoms with Crippen LogP contribution in [0.2, 0.25) is 0 Å². The average Bonchev–Trinajstić information content (AvgIpc) is 2.73. The minimum absolute atomic E-state index is 0.138. The summed E-state index contributed by atoms with van der Waals surface area (Å²) in [7, 11) is 1.64. The van der Waals surface area contributed by atoms with Crippen molar-refractivity contribution in [3.63, 3.8) is 0 Å². The lowest BCUT2D eigenvalue weighted by Gasteiger charge is -2.11. The number of aryl methyl sites for hydroxylation is 1. The van der Waals surface area contributed by atoms with Crippen molar-refractivity contribution in [2.75, 3.05) is 12.4 Å². The molecule has 1 amide bonds. The lowest BCUT2D eigenvalue weighted by Crippen LogP contribution is -2.13. The van der Waals surface area contributed by atoms with Crippen LogP contribution in [-0.2, 0) is 11.2 Å². The van der Waals surface area contributed by atoms with E-state index in [9.17, 15) is 4.79 Å². The van der Waals surface area contributed by atoms with Gasteiger partial charge in [-0.1, -0.05) is 61.5 Å². The third-order valence-corrected chi connectivity index (χ3v) is 4.38.